The van der Waals surface area contributed by atoms with Crippen LogP contribution in [0.1, 0.15) is 32.1 Å². The molecule has 0 saturated carbocycles. The van der Waals surface area contributed by atoms with Crippen LogP contribution in [0.15, 0.2) is 0 Å². The molecule has 1 heterocycles. The van der Waals surface area contributed by atoms with Gasteiger partial charge in [-0.05, 0) is 6.42 Å². The van der Waals surface area contributed by atoms with Crippen molar-refractivity contribution in [1.82, 2.24) is 5.32 Å². The Bertz CT molecular complexity index is 100. The fourth-order valence-electron chi connectivity index (χ4n) is 1.55. The second-order valence-corrected chi connectivity index (χ2v) is 3.43. The highest BCUT2D eigenvalue weighted by Crippen LogP contribution is 2.07. The molecule has 1 atom stereocenters. The van der Waals surface area contributed by atoms with E-state index >= 15 is 0 Å². The molecule has 1 saturated heterocycles. The van der Waals surface area contributed by atoms with Crippen LogP contribution in [0.4, 0.5) is 0 Å². The molecule has 0 bridgehead atoms. The van der Waals surface area contributed by atoms with Gasteiger partial charge in [0.05, 0.1) is 13.2 Å². The number of nitrogens with one attached hydrogen (secondary N) is 1. The van der Waals surface area contributed by atoms with Crippen molar-refractivity contribution >= 4 is 0 Å². The summed E-state index contributed by atoms with van der Waals surface area (Å²) in [5.74, 6) is 0. The highest BCUT2D eigenvalue weighted by molar-refractivity contribution is 4.69. The zero-order valence-electron chi connectivity index (χ0n) is 7.85. The Hall–Kier alpha value is -0.0800. The van der Waals surface area contributed by atoms with Gasteiger partial charge < -0.3 is 10.1 Å². The standard InChI is InChI=1S/C10H20NO/c1-2-3-4-5-6-10-9-12-8-7-11-10/h10-11H,1-9H2. The molecule has 0 aliphatic carbocycles. The molecule has 0 aromatic carbocycles. The fraction of sp³-hybridized carbons (Fsp3) is 0.900. The first kappa shape index (κ1) is 10.0. The topological polar surface area (TPSA) is 21.3 Å². The maximum Gasteiger partial charge on any atom is 0.0620 e. The zero-order chi connectivity index (χ0) is 8.65. The van der Waals surface area contributed by atoms with Crippen molar-refractivity contribution in [3.05, 3.63) is 6.92 Å². The third-order valence-electron chi connectivity index (χ3n) is 2.30. The van der Waals surface area contributed by atoms with Crippen LogP contribution in [0.25, 0.3) is 0 Å². The lowest BCUT2D eigenvalue weighted by atomic mass is 10.1. The lowest BCUT2D eigenvalue weighted by Crippen LogP contribution is -2.41. The van der Waals surface area contributed by atoms with Gasteiger partial charge >= 0.3 is 0 Å². The molecular formula is C10H20NO. The van der Waals surface area contributed by atoms with Gasteiger partial charge in [-0.15, -0.1) is 0 Å². The fourth-order valence-corrected chi connectivity index (χ4v) is 1.55. The van der Waals surface area contributed by atoms with Gasteiger partial charge in [0.25, 0.3) is 0 Å². The molecule has 0 amide bonds. The molecule has 1 radical (unpaired) electrons. The van der Waals surface area contributed by atoms with Gasteiger partial charge in [-0.3, -0.25) is 0 Å². The largest absolute Gasteiger partial charge is 0.379 e. The van der Waals surface area contributed by atoms with Crippen LogP contribution in [0.3, 0.4) is 0 Å². The summed E-state index contributed by atoms with van der Waals surface area (Å²) in [6.45, 7) is 6.65. The average molecular weight is 170 g/mol. The Kier molecular flexibility index (Phi) is 5.37. The van der Waals surface area contributed by atoms with Gasteiger partial charge in [0.1, 0.15) is 0 Å². The van der Waals surface area contributed by atoms with Crippen LogP contribution in [0.5, 0.6) is 0 Å². The number of morpholine rings is 1. The molecule has 1 N–H and O–H groups in total. The van der Waals surface area contributed by atoms with Crippen molar-refractivity contribution in [2.45, 2.75) is 38.1 Å². The molecule has 0 aromatic rings. The minimum absolute atomic E-state index is 0.614. The van der Waals surface area contributed by atoms with Gasteiger partial charge in [-0.1, -0.05) is 32.6 Å². The number of hydrogen-bond acceptors (Lipinski definition) is 2. The summed E-state index contributed by atoms with van der Waals surface area (Å²) in [5, 5.41) is 3.46. The summed E-state index contributed by atoms with van der Waals surface area (Å²) in [7, 11) is 0. The van der Waals surface area contributed by atoms with Gasteiger partial charge in [-0.25, -0.2) is 0 Å². The summed E-state index contributed by atoms with van der Waals surface area (Å²) in [6.07, 6.45) is 6.25. The third-order valence-corrected chi connectivity index (χ3v) is 2.30. The molecule has 12 heavy (non-hydrogen) atoms. The molecule has 1 fully saturated rings. The molecular weight excluding hydrogens is 150 g/mol. The summed E-state index contributed by atoms with van der Waals surface area (Å²) in [4.78, 5) is 0. The summed E-state index contributed by atoms with van der Waals surface area (Å²) in [5.41, 5.74) is 0. The Morgan fingerprint density at radius 3 is 2.92 bits per heavy atom. The van der Waals surface area contributed by atoms with E-state index in [9.17, 15) is 0 Å². The predicted molar refractivity (Wildman–Crippen MR) is 51.1 cm³/mol. The van der Waals surface area contributed by atoms with Crippen molar-refractivity contribution in [2.75, 3.05) is 19.8 Å². The lowest BCUT2D eigenvalue weighted by Gasteiger charge is -2.23. The van der Waals surface area contributed by atoms with Gasteiger partial charge in [0.2, 0.25) is 0 Å². The summed E-state index contributed by atoms with van der Waals surface area (Å²) >= 11 is 0. The molecule has 0 aromatic heterocycles. The van der Waals surface area contributed by atoms with Crippen molar-refractivity contribution in [3.8, 4) is 0 Å². The Labute approximate surface area is 75.7 Å². The van der Waals surface area contributed by atoms with E-state index in [1.165, 1.54) is 25.7 Å². The molecule has 0 spiro atoms. The van der Waals surface area contributed by atoms with E-state index in [0.717, 1.165) is 26.2 Å². The first-order chi connectivity index (χ1) is 5.93. The van der Waals surface area contributed by atoms with Crippen LogP contribution in [0.2, 0.25) is 0 Å². The predicted octanol–water partition coefficient (Wildman–Crippen LogP) is 1.76. The van der Waals surface area contributed by atoms with E-state index in [1.54, 1.807) is 0 Å². The van der Waals surface area contributed by atoms with Crippen molar-refractivity contribution in [1.29, 1.82) is 0 Å². The first-order valence-corrected chi connectivity index (χ1v) is 5.04. The number of unbranched alkanes of at least 4 members (excludes halogenated alkanes) is 3. The zero-order valence-corrected chi connectivity index (χ0v) is 7.85. The number of ether oxygens (including phenoxy) is 1. The van der Waals surface area contributed by atoms with Crippen molar-refractivity contribution in [2.24, 2.45) is 0 Å². The van der Waals surface area contributed by atoms with Crippen LogP contribution >= 0.6 is 0 Å². The van der Waals surface area contributed by atoms with Crippen LogP contribution in [-0.2, 0) is 4.74 Å². The Balaban J connectivity index is 1.91. The van der Waals surface area contributed by atoms with Crippen LogP contribution in [-0.4, -0.2) is 25.8 Å². The molecule has 1 aliphatic rings. The second-order valence-electron chi connectivity index (χ2n) is 3.43. The SMILES string of the molecule is [CH2]CCCCCC1COCCN1. The molecule has 1 rings (SSSR count). The number of rotatable bonds is 5. The number of hydrogen-bond donors (Lipinski definition) is 1. The summed E-state index contributed by atoms with van der Waals surface area (Å²) < 4.78 is 5.36. The van der Waals surface area contributed by atoms with Crippen LogP contribution < -0.4 is 5.32 Å². The average Bonchev–Trinajstić information content (AvgIpc) is 2.14. The normalized spacial score (nSPS) is 24.2. The monoisotopic (exact) mass is 170 g/mol. The lowest BCUT2D eigenvalue weighted by molar-refractivity contribution is 0.0734. The minimum Gasteiger partial charge on any atom is -0.379 e. The van der Waals surface area contributed by atoms with E-state index < -0.39 is 0 Å². The molecule has 71 valence electrons. The van der Waals surface area contributed by atoms with E-state index in [4.69, 9.17) is 4.74 Å². The molecule has 2 nitrogen and oxygen atoms in total. The highest BCUT2D eigenvalue weighted by atomic mass is 16.5. The highest BCUT2D eigenvalue weighted by Gasteiger charge is 2.11. The Morgan fingerprint density at radius 1 is 1.33 bits per heavy atom. The third kappa shape index (κ3) is 4.07. The molecule has 1 aliphatic heterocycles. The maximum atomic E-state index is 5.36. The van der Waals surface area contributed by atoms with E-state index in [1.807, 2.05) is 0 Å². The maximum absolute atomic E-state index is 5.36. The first-order valence-electron chi connectivity index (χ1n) is 5.04. The summed E-state index contributed by atoms with van der Waals surface area (Å²) in [6, 6.07) is 0.614. The second kappa shape index (κ2) is 6.44. The van der Waals surface area contributed by atoms with E-state index in [-0.39, 0.29) is 0 Å². The Morgan fingerprint density at radius 2 is 2.25 bits per heavy atom. The van der Waals surface area contributed by atoms with Gasteiger partial charge in [0, 0.05) is 12.6 Å². The molecule has 2 heteroatoms. The quantitative estimate of drug-likeness (QED) is 0.635. The molecule has 1 unspecified atom stereocenters. The van der Waals surface area contributed by atoms with E-state index in [2.05, 4.69) is 12.2 Å². The van der Waals surface area contributed by atoms with Gasteiger partial charge in [-0.2, -0.15) is 0 Å². The van der Waals surface area contributed by atoms with E-state index in [0.29, 0.717) is 6.04 Å². The van der Waals surface area contributed by atoms with Crippen molar-refractivity contribution < 1.29 is 4.74 Å². The van der Waals surface area contributed by atoms with Crippen LogP contribution in [0, 0.1) is 6.92 Å². The minimum atomic E-state index is 0.614. The smallest absolute Gasteiger partial charge is 0.0620 e. The van der Waals surface area contributed by atoms with Crippen molar-refractivity contribution in [3.63, 3.8) is 0 Å². The van der Waals surface area contributed by atoms with Gasteiger partial charge in [0.15, 0.2) is 0 Å².